The highest BCUT2D eigenvalue weighted by molar-refractivity contribution is 6.30. The lowest BCUT2D eigenvalue weighted by molar-refractivity contribution is -0.130. The van der Waals surface area contributed by atoms with Crippen molar-refractivity contribution in [1.82, 2.24) is 10.2 Å². The molecule has 30 heavy (non-hydrogen) atoms. The van der Waals surface area contributed by atoms with Crippen LogP contribution in [0.3, 0.4) is 0 Å². The van der Waals surface area contributed by atoms with Crippen molar-refractivity contribution in [2.24, 2.45) is 0 Å². The van der Waals surface area contributed by atoms with Crippen molar-refractivity contribution in [2.45, 2.75) is 0 Å². The molecule has 1 saturated heterocycles. The SMILES string of the molecule is O=C1COc2ccc(C(=O)NCC(=O)N3CCN(c4ccc(Cl)cc4)CC3)cc2N1. The minimum absolute atomic E-state index is 0.0433. The number of piperazine rings is 1. The van der Waals surface area contributed by atoms with Crippen LogP contribution in [-0.4, -0.2) is 62.0 Å². The molecule has 0 atom stereocenters. The van der Waals surface area contributed by atoms with Crippen LogP contribution in [0.2, 0.25) is 5.02 Å². The summed E-state index contributed by atoms with van der Waals surface area (Å²) >= 11 is 5.93. The first-order valence-corrected chi connectivity index (χ1v) is 10.0. The van der Waals surface area contributed by atoms with E-state index >= 15 is 0 Å². The molecule has 2 aromatic carbocycles. The largest absolute Gasteiger partial charge is 0.482 e. The minimum atomic E-state index is -0.384. The van der Waals surface area contributed by atoms with Crippen molar-refractivity contribution >= 4 is 40.7 Å². The molecule has 0 radical (unpaired) electrons. The van der Waals surface area contributed by atoms with Gasteiger partial charge in [-0.05, 0) is 42.5 Å². The number of hydrogen-bond donors (Lipinski definition) is 2. The number of fused-ring (bicyclic) bond motifs is 1. The van der Waals surface area contributed by atoms with Gasteiger partial charge in [-0.1, -0.05) is 11.6 Å². The van der Waals surface area contributed by atoms with Crippen LogP contribution in [0.25, 0.3) is 0 Å². The Morgan fingerprint density at radius 3 is 2.53 bits per heavy atom. The lowest BCUT2D eigenvalue weighted by atomic mass is 10.1. The van der Waals surface area contributed by atoms with Crippen molar-refractivity contribution in [3.05, 3.63) is 53.1 Å². The average Bonchev–Trinajstić information content (AvgIpc) is 2.77. The fourth-order valence-corrected chi connectivity index (χ4v) is 3.59. The maximum Gasteiger partial charge on any atom is 0.262 e. The number of nitrogens with one attached hydrogen (secondary N) is 2. The van der Waals surface area contributed by atoms with Crippen molar-refractivity contribution in [1.29, 1.82) is 0 Å². The van der Waals surface area contributed by atoms with Gasteiger partial charge in [0.25, 0.3) is 11.8 Å². The molecule has 4 rings (SSSR count). The first-order chi connectivity index (χ1) is 14.5. The third-order valence-electron chi connectivity index (χ3n) is 5.10. The zero-order valence-electron chi connectivity index (χ0n) is 16.2. The topological polar surface area (TPSA) is 91.0 Å². The number of nitrogens with zero attached hydrogens (tertiary/aromatic N) is 2. The summed E-state index contributed by atoms with van der Waals surface area (Å²) in [4.78, 5) is 40.3. The second-order valence-corrected chi connectivity index (χ2v) is 7.51. The molecular formula is C21H21ClN4O4. The van der Waals surface area contributed by atoms with Crippen LogP contribution in [0, 0.1) is 0 Å². The molecule has 8 nitrogen and oxygen atoms in total. The van der Waals surface area contributed by atoms with E-state index in [2.05, 4.69) is 15.5 Å². The van der Waals surface area contributed by atoms with E-state index in [4.69, 9.17) is 16.3 Å². The number of amides is 3. The van der Waals surface area contributed by atoms with Crippen LogP contribution in [0.15, 0.2) is 42.5 Å². The molecule has 0 aliphatic carbocycles. The summed E-state index contributed by atoms with van der Waals surface area (Å²) in [5, 5.41) is 6.00. The predicted octanol–water partition coefficient (Wildman–Crippen LogP) is 1.75. The summed E-state index contributed by atoms with van der Waals surface area (Å²) in [6.07, 6.45) is 0. The molecule has 3 amide bonds. The van der Waals surface area contributed by atoms with Crippen molar-refractivity contribution in [3.63, 3.8) is 0 Å². The zero-order chi connectivity index (χ0) is 21.1. The van der Waals surface area contributed by atoms with Crippen LogP contribution in [0.4, 0.5) is 11.4 Å². The quantitative estimate of drug-likeness (QED) is 0.774. The van der Waals surface area contributed by atoms with Gasteiger partial charge in [-0.15, -0.1) is 0 Å². The Kier molecular flexibility index (Phi) is 5.76. The Hall–Kier alpha value is -3.26. The van der Waals surface area contributed by atoms with Gasteiger partial charge in [-0.3, -0.25) is 14.4 Å². The van der Waals surface area contributed by atoms with Gasteiger partial charge in [0.15, 0.2) is 6.61 Å². The fraction of sp³-hybridized carbons (Fsp3) is 0.286. The summed E-state index contributed by atoms with van der Waals surface area (Å²) in [5.41, 5.74) is 1.87. The van der Waals surface area contributed by atoms with Gasteiger partial charge in [0, 0.05) is 42.5 Å². The molecule has 2 aliphatic rings. The maximum atomic E-state index is 12.5. The lowest BCUT2D eigenvalue weighted by Gasteiger charge is -2.36. The number of carbonyl (C=O) groups is 3. The van der Waals surface area contributed by atoms with Crippen LogP contribution >= 0.6 is 11.6 Å². The molecule has 0 bridgehead atoms. The van der Waals surface area contributed by atoms with Crippen molar-refractivity contribution < 1.29 is 19.1 Å². The van der Waals surface area contributed by atoms with Gasteiger partial charge in [0.2, 0.25) is 5.91 Å². The number of carbonyl (C=O) groups excluding carboxylic acids is 3. The second kappa shape index (κ2) is 8.62. The lowest BCUT2D eigenvalue weighted by Crippen LogP contribution is -2.51. The molecule has 0 unspecified atom stereocenters. The van der Waals surface area contributed by atoms with Crippen LogP contribution in [-0.2, 0) is 9.59 Å². The molecular weight excluding hydrogens is 408 g/mol. The van der Waals surface area contributed by atoms with Gasteiger partial charge in [0.05, 0.1) is 12.2 Å². The van der Waals surface area contributed by atoms with Gasteiger partial charge < -0.3 is 25.2 Å². The summed E-state index contributed by atoms with van der Waals surface area (Å²) in [5.74, 6) is -0.270. The van der Waals surface area contributed by atoms with E-state index in [1.165, 1.54) is 6.07 Å². The monoisotopic (exact) mass is 428 g/mol. The Morgan fingerprint density at radius 1 is 1.07 bits per heavy atom. The van der Waals surface area contributed by atoms with Crippen LogP contribution in [0.5, 0.6) is 5.75 Å². The standard InChI is InChI=1S/C21H21ClN4O4/c22-15-2-4-16(5-3-15)25-7-9-26(10-8-25)20(28)12-23-21(29)14-1-6-18-17(11-14)24-19(27)13-30-18/h1-6,11H,7-10,12-13H2,(H,23,29)(H,24,27). The fourth-order valence-electron chi connectivity index (χ4n) is 3.46. The first-order valence-electron chi connectivity index (χ1n) is 9.63. The van der Waals surface area contributed by atoms with E-state index in [-0.39, 0.29) is 30.9 Å². The van der Waals surface area contributed by atoms with E-state index in [1.807, 2.05) is 24.3 Å². The molecule has 2 aliphatic heterocycles. The zero-order valence-corrected chi connectivity index (χ0v) is 16.9. The molecule has 0 saturated carbocycles. The third-order valence-corrected chi connectivity index (χ3v) is 5.35. The van der Waals surface area contributed by atoms with Gasteiger partial charge in [-0.2, -0.15) is 0 Å². The smallest absolute Gasteiger partial charge is 0.262 e. The van der Waals surface area contributed by atoms with Crippen LogP contribution < -0.4 is 20.3 Å². The number of ether oxygens (including phenoxy) is 1. The van der Waals surface area contributed by atoms with E-state index in [1.54, 1.807) is 17.0 Å². The molecule has 9 heteroatoms. The van der Waals surface area contributed by atoms with E-state index in [0.29, 0.717) is 48.2 Å². The summed E-state index contributed by atoms with van der Waals surface area (Å²) in [6.45, 7) is 2.47. The number of halogens is 1. The third kappa shape index (κ3) is 4.49. The van der Waals surface area contributed by atoms with Gasteiger partial charge >= 0.3 is 0 Å². The predicted molar refractivity (Wildman–Crippen MR) is 113 cm³/mol. The van der Waals surface area contributed by atoms with Crippen LogP contribution in [0.1, 0.15) is 10.4 Å². The van der Waals surface area contributed by atoms with Crippen molar-refractivity contribution in [2.75, 3.05) is 49.5 Å². The van der Waals surface area contributed by atoms with E-state index < -0.39 is 0 Å². The van der Waals surface area contributed by atoms with Gasteiger partial charge in [-0.25, -0.2) is 0 Å². The summed E-state index contributed by atoms with van der Waals surface area (Å²) in [6, 6.07) is 12.4. The summed E-state index contributed by atoms with van der Waals surface area (Å²) < 4.78 is 5.28. The number of rotatable bonds is 4. The molecule has 2 aromatic rings. The number of hydrogen-bond acceptors (Lipinski definition) is 5. The second-order valence-electron chi connectivity index (χ2n) is 7.07. The highest BCUT2D eigenvalue weighted by Crippen LogP contribution is 2.28. The molecule has 0 aromatic heterocycles. The number of anilines is 2. The minimum Gasteiger partial charge on any atom is -0.482 e. The molecule has 2 heterocycles. The normalized spacial score (nSPS) is 15.7. The van der Waals surface area contributed by atoms with E-state index in [9.17, 15) is 14.4 Å². The van der Waals surface area contributed by atoms with Gasteiger partial charge in [0.1, 0.15) is 5.75 Å². The highest BCUT2D eigenvalue weighted by Gasteiger charge is 2.22. The van der Waals surface area contributed by atoms with Crippen molar-refractivity contribution in [3.8, 4) is 5.75 Å². The Bertz CT molecular complexity index is 971. The molecule has 1 fully saturated rings. The Balaban J connectivity index is 1.28. The Morgan fingerprint density at radius 2 is 1.80 bits per heavy atom. The molecule has 156 valence electrons. The highest BCUT2D eigenvalue weighted by atomic mass is 35.5. The molecule has 2 N–H and O–H groups in total. The average molecular weight is 429 g/mol. The summed E-state index contributed by atoms with van der Waals surface area (Å²) in [7, 11) is 0. The Labute approximate surface area is 178 Å². The maximum absolute atomic E-state index is 12.5. The van der Waals surface area contributed by atoms with E-state index in [0.717, 1.165) is 5.69 Å². The first kappa shape index (κ1) is 20.0. The number of benzene rings is 2. The molecule has 0 spiro atoms.